The van der Waals surface area contributed by atoms with Crippen LogP contribution in [0, 0.1) is 12.8 Å². The van der Waals surface area contributed by atoms with Gasteiger partial charge in [-0.1, -0.05) is 49.8 Å². The SMILES string of the molecule is COC(=O)NCCCN(c1cc(Cl)ccc1C)[C@H]1CCCN(C(=O)NC(CC2CCCCC2)CN(C)C(=O)O)C1. The van der Waals surface area contributed by atoms with Gasteiger partial charge in [0.05, 0.1) is 7.11 Å². The quantitative estimate of drug-likeness (QED) is 0.306. The van der Waals surface area contributed by atoms with Crippen molar-refractivity contribution in [3.63, 3.8) is 0 Å². The Labute approximate surface area is 243 Å². The number of urea groups is 1. The number of nitrogens with one attached hydrogen (secondary N) is 2. The first-order valence-corrected chi connectivity index (χ1v) is 14.9. The summed E-state index contributed by atoms with van der Waals surface area (Å²) < 4.78 is 4.68. The molecule has 224 valence electrons. The smallest absolute Gasteiger partial charge is 0.407 e. The maximum atomic E-state index is 13.5. The Hall–Kier alpha value is -2.88. The number of hydrogen-bond acceptors (Lipinski definition) is 5. The van der Waals surface area contributed by atoms with E-state index >= 15 is 0 Å². The van der Waals surface area contributed by atoms with Gasteiger partial charge in [-0.25, -0.2) is 14.4 Å². The lowest BCUT2D eigenvalue weighted by molar-refractivity contribution is 0.142. The van der Waals surface area contributed by atoms with Crippen LogP contribution in [0.4, 0.5) is 20.1 Å². The first kappa shape index (κ1) is 31.6. The summed E-state index contributed by atoms with van der Waals surface area (Å²) >= 11 is 6.38. The van der Waals surface area contributed by atoms with Crippen molar-refractivity contribution in [3.8, 4) is 0 Å². The minimum Gasteiger partial charge on any atom is -0.465 e. The van der Waals surface area contributed by atoms with Crippen LogP contribution in [-0.2, 0) is 4.74 Å². The monoisotopic (exact) mass is 579 g/mol. The van der Waals surface area contributed by atoms with E-state index in [0.29, 0.717) is 43.5 Å². The third-order valence-electron chi connectivity index (χ3n) is 8.13. The Morgan fingerprint density at radius 2 is 1.93 bits per heavy atom. The summed E-state index contributed by atoms with van der Waals surface area (Å²) in [5.74, 6) is 0.509. The summed E-state index contributed by atoms with van der Waals surface area (Å²) in [6.45, 7) is 4.68. The summed E-state index contributed by atoms with van der Waals surface area (Å²) in [5, 5.41) is 16.0. The van der Waals surface area contributed by atoms with E-state index in [1.54, 1.807) is 7.05 Å². The second-order valence-corrected chi connectivity index (χ2v) is 11.6. The van der Waals surface area contributed by atoms with E-state index in [9.17, 15) is 19.5 Å². The fourth-order valence-corrected chi connectivity index (χ4v) is 6.14. The van der Waals surface area contributed by atoms with Crippen LogP contribution in [0.25, 0.3) is 0 Å². The highest BCUT2D eigenvalue weighted by atomic mass is 35.5. The van der Waals surface area contributed by atoms with Crippen LogP contribution >= 0.6 is 11.6 Å². The molecule has 1 saturated carbocycles. The van der Waals surface area contributed by atoms with Gasteiger partial charge in [-0.15, -0.1) is 0 Å². The highest BCUT2D eigenvalue weighted by molar-refractivity contribution is 6.30. The number of likely N-dealkylation sites (tertiary alicyclic amines) is 1. The number of piperidine rings is 1. The number of ether oxygens (including phenoxy) is 1. The number of amides is 4. The predicted octanol–water partition coefficient (Wildman–Crippen LogP) is 5.32. The molecule has 1 aliphatic heterocycles. The van der Waals surface area contributed by atoms with E-state index in [1.165, 1.54) is 31.3 Å². The van der Waals surface area contributed by atoms with Crippen molar-refractivity contribution in [1.29, 1.82) is 0 Å². The first-order valence-electron chi connectivity index (χ1n) is 14.5. The topological polar surface area (TPSA) is 114 Å². The Balaban J connectivity index is 1.70. The lowest BCUT2D eigenvalue weighted by Gasteiger charge is -2.42. The van der Waals surface area contributed by atoms with Gasteiger partial charge in [0.1, 0.15) is 0 Å². The molecule has 0 spiro atoms. The van der Waals surface area contributed by atoms with Crippen LogP contribution in [0.5, 0.6) is 0 Å². The number of alkyl carbamates (subject to hydrolysis) is 1. The molecular weight excluding hydrogens is 534 g/mol. The molecule has 4 amide bonds. The van der Waals surface area contributed by atoms with E-state index in [1.807, 2.05) is 30.0 Å². The number of carboxylic acid groups (broad SMARTS) is 1. The first-order chi connectivity index (χ1) is 19.2. The minimum atomic E-state index is -0.991. The van der Waals surface area contributed by atoms with Crippen LogP contribution in [-0.4, -0.2) is 92.1 Å². The van der Waals surface area contributed by atoms with Gasteiger partial charge in [-0.05, 0) is 56.2 Å². The average molecular weight is 580 g/mol. The molecule has 1 saturated heterocycles. The van der Waals surface area contributed by atoms with Gasteiger partial charge >= 0.3 is 18.2 Å². The number of carbonyl (C=O) groups is 3. The molecule has 2 aliphatic rings. The van der Waals surface area contributed by atoms with E-state index in [0.717, 1.165) is 43.4 Å². The van der Waals surface area contributed by atoms with Gasteiger partial charge in [0.15, 0.2) is 0 Å². The molecule has 3 N–H and O–H groups in total. The number of benzene rings is 1. The van der Waals surface area contributed by atoms with Gasteiger partial charge < -0.3 is 35.2 Å². The Bertz CT molecular complexity index is 990. The zero-order chi connectivity index (χ0) is 29.1. The van der Waals surface area contributed by atoms with Gasteiger partial charge in [0, 0.05) is 62.6 Å². The molecular formula is C29H46ClN5O5. The van der Waals surface area contributed by atoms with Crippen molar-refractivity contribution in [3.05, 3.63) is 28.8 Å². The molecule has 1 aromatic carbocycles. The summed E-state index contributed by atoms with van der Waals surface area (Å²) in [4.78, 5) is 42.0. The van der Waals surface area contributed by atoms with Crippen LogP contribution in [0.3, 0.4) is 0 Å². The van der Waals surface area contributed by atoms with E-state index in [4.69, 9.17) is 11.6 Å². The maximum absolute atomic E-state index is 13.5. The van der Waals surface area contributed by atoms with E-state index < -0.39 is 12.2 Å². The second-order valence-electron chi connectivity index (χ2n) is 11.2. The third-order valence-corrected chi connectivity index (χ3v) is 8.36. The third kappa shape index (κ3) is 9.64. The summed E-state index contributed by atoms with van der Waals surface area (Å²) in [7, 11) is 2.90. The van der Waals surface area contributed by atoms with Crippen molar-refractivity contribution in [1.82, 2.24) is 20.4 Å². The zero-order valence-corrected chi connectivity index (χ0v) is 24.9. The highest BCUT2D eigenvalue weighted by Gasteiger charge is 2.31. The van der Waals surface area contributed by atoms with Crippen molar-refractivity contribution < 1.29 is 24.2 Å². The predicted molar refractivity (Wildman–Crippen MR) is 157 cm³/mol. The van der Waals surface area contributed by atoms with Gasteiger partial charge in [-0.2, -0.15) is 0 Å². The van der Waals surface area contributed by atoms with Crippen molar-refractivity contribution in [2.45, 2.75) is 76.8 Å². The normalized spacial score (nSPS) is 18.5. The molecule has 0 radical (unpaired) electrons. The number of likely N-dealkylation sites (N-methyl/N-ethyl adjacent to an activating group) is 1. The lowest BCUT2D eigenvalue weighted by atomic mass is 9.84. The summed E-state index contributed by atoms with van der Waals surface area (Å²) in [5.41, 5.74) is 2.12. The lowest BCUT2D eigenvalue weighted by Crippen LogP contribution is -2.55. The van der Waals surface area contributed by atoms with Gasteiger partial charge in [0.25, 0.3) is 0 Å². The number of aryl methyl sites for hydroxylation is 1. The number of halogens is 1. The van der Waals surface area contributed by atoms with E-state index in [2.05, 4.69) is 20.3 Å². The van der Waals surface area contributed by atoms with Crippen molar-refractivity contribution in [2.75, 3.05) is 51.8 Å². The molecule has 1 aromatic rings. The minimum absolute atomic E-state index is 0.0771. The Morgan fingerprint density at radius 3 is 2.62 bits per heavy atom. The Kier molecular flexibility index (Phi) is 12.5. The Morgan fingerprint density at radius 1 is 1.18 bits per heavy atom. The highest BCUT2D eigenvalue weighted by Crippen LogP contribution is 2.30. The molecule has 2 fully saturated rings. The molecule has 1 heterocycles. The largest absolute Gasteiger partial charge is 0.465 e. The van der Waals surface area contributed by atoms with Crippen LogP contribution in [0.2, 0.25) is 5.02 Å². The molecule has 2 atom stereocenters. The number of hydrogen-bond donors (Lipinski definition) is 3. The number of nitrogens with zero attached hydrogens (tertiary/aromatic N) is 3. The molecule has 40 heavy (non-hydrogen) atoms. The molecule has 3 rings (SSSR count). The number of anilines is 1. The number of carbonyl (C=O) groups excluding carboxylic acids is 2. The van der Waals surface area contributed by atoms with Gasteiger partial charge in [-0.3, -0.25) is 0 Å². The molecule has 0 bridgehead atoms. The van der Waals surface area contributed by atoms with Crippen molar-refractivity contribution >= 4 is 35.5 Å². The van der Waals surface area contributed by atoms with Crippen molar-refractivity contribution in [2.24, 2.45) is 5.92 Å². The van der Waals surface area contributed by atoms with Crippen LogP contribution in [0.15, 0.2) is 18.2 Å². The maximum Gasteiger partial charge on any atom is 0.407 e. The van der Waals surface area contributed by atoms with Crippen LogP contribution in [0.1, 0.15) is 63.4 Å². The average Bonchev–Trinajstić information content (AvgIpc) is 2.94. The zero-order valence-electron chi connectivity index (χ0n) is 24.2. The molecule has 11 heteroatoms. The second kappa shape index (κ2) is 15.8. The van der Waals surface area contributed by atoms with Crippen LogP contribution < -0.4 is 15.5 Å². The summed E-state index contributed by atoms with van der Waals surface area (Å²) in [6, 6.07) is 5.55. The summed E-state index contributed by atoms with van der Waals surface area (Å²) in [6.07, 6.45) is 7.74. The molecule has 10 nitrogen and oxygen atoms in total. The van der Waals surface area contributed by atoms with Gasteiger partial charge in [0.2, 0.25) is 0 Å². The van der Waals surface area contributed by atoms with E-state index in [-0.39, 0.29) is 24.7 Å². The molecule has 0 aromatic heterocycles. The number of methoxy groups -OCH3 is 1. The fraction of sp³-hybridized carbons (Fsp3) is 0.690. The number of rotatable bonds is 11. The molecule has 1 aliphatic carbocycles. The molecule has 1 unspecified atom stereocenters. The standard InChI is InChI=1S/C29H46ClN5O5/c1-21-12-13-23(30)18-26(21)35(16-8-14-31-28(37)40-3)25-11-7-15-34(20-25)27(36)32-24(19-33(2)29(38)39)17-22-9-5-4-6-10-22/h12-13,18,22,24-25H,4-11,14-17,19-20H2,1-3H3,(H,31,37)(H,32,36)(H,38,39)/t24?,25-/m0/s1. The fourth-order valence-electron chi connectivity index (χ4n) is 5.98.